The highest BCUT2D eigenvalue weighted by Crippen LogP contribution is 2.36. The molecule has 1 saturated heterocycles. The molecule has 2 aromatic rings. The molecule has 5 nitrogen and oxygen atoms in total. The molecule has 0 N–H and O–H groups in total. The van der Waals surface area contributed by atoms with Crippen LogP contribution in [-0.4, -0.2) is 36.6 Å². The molecule has 1 fully saturated rings. The zero-order valence-corrected chi connectivity index (χ0v) is 15.0. The summed E-state index contributed by atoms with van der Waals surface area (Å²) in [5.41, 5.74) is 1.08. The maximum Gasteiger partial charge on any atom is 0.494 e. The van der Waals surface area contributed by atoms with Crippen molar-refractivity contribution in [2.75, 3.05) is 13.7 Å². The third-order valence-electron chi connectivity index (χ3n) is 4.74. The van der Waals surface area contributed by atoms with E-state index in [2.05, 4.69) is 0 Å². The Morgan fingerprint density at radius 1 is 1.22 bits per heavy atom. The lowest BCUT2D eigenvalue weighted by atomic mass is 9.79. The minimum atomic E-state index is -0.421. The summed E-state index contributed by atoms with van der Waals surface area (Å²) in [5, 5.41) is 0. The summed E-state index contributed by atoms with van der Waals surface area (Å²) in [5.74, 6) is 0. The number of hydrogen-bond donors (Lipinski definition) is 0. The molecule has 2 heterocycles. The Morgan fingerprint density at radius 3 is 2.48 bits per heavy atom. The molecule has 1 aliphatic rings. The van der Waals surface area contributed by atoms with Gasteiger partial charge in [-0.15, -0.1) is 0 Å². The molecule has 0 saturated carbocycles. The molecule has 1 aromatic carbocycles. The van der Waals surface area contributed by atoms with Crippen LogP contribution in [-0.2, 0) is 20.6 Å². The molecule has 0 aliphatic carbocycles. The van der Waals surface area contributed by atoms with E-state index in [-0.39, 0.29) is 16.1 Å². The largest absolute Gasteiger partial charge is 0.494 e. The highest BCUT2D eigenvalue weighted by Gasteiger charge is 2.51. The number of rotatable bonds is 4. The lowest BCUT2D eigenvalue weighted by Gasteiger charge is -2.32. The maximum absolute atomic E-state index is 12.1. The van der Waals surface area contributed by atoms with Gasteiger partial charge in [-0.2, -0.15) is 0 Å². The zero-order chi connectivity index (χ0) is 16.8. The maximum atomic E-state index is 12.1. The van der Waals surface area contributed by atoms with E-state index >= 15 is 0 Å². The van der Waals surface area contributed by atoms with Crippen LogP contribution in [0.25, 0.3) is 10.2 Å². The van der Waals surface area contributed by atoms with Crippen LogP contribution in [0.5, 0.6) is 0 Å². The molecule has 7 heteroatoms. The van der Waals surface area contributed by atoms with E-state index in [4.69, 9.17) is 14.0 Å². The van der Waals surface area contributed by atoms with Gasteiger partial charge in [0.2, 0.25) is 0 Å². The fraction of sp³-hybridized carbons (Fsp3) is 0.562. The normalized spacial score (nSPS) is 19.6. The Balaban J connectivity index is 1.99. The van der Waals surface area contributed by atoms with Gasteiger partial charge in [0.25, 0.3) is 0 Å². The summed E-state index contributed by atoms with van der Waals surface area (Å²) < 4.78 is 20.0. The van der Waals surface area contributed by atoms with Gasteiger partial charge in [0.05, 0.1) is 34.6 Å². The van der Waals surface area contributed by atoms with Gasteiger partial charge < -0.3 is 14.0 Å². The average molecular weight is 335 g/mol. The smallest absolute Gasteiger partial charge is 0.399 e. The number of fused-ring (bicyclic) bond motifs is 1. The summed E-state index contributed by atoms with van der Waals surface area (Å²) in [6.07, 6.45) is 0. The molecule has 0 amide bonds. The van der Waals surface area contributed by atoms with Crippen molar-refractivity contribution in [2.45, 2.75) is 45.4 Å². The van der Waals surface area contributed by atoms with Crippen LogP contribution in [0.1, 0.15) is 27.7 Å². The second kappa shape index (κ2) is 5.74. The number of benzene rings is 1. The standard InChI is InChI=1S/C16H22BNO4S/c1-15(2)16(3,4)22-17(21-15)11-6-7-13-12(10-11)18(8-9-20-5)14(19)23-13/h6-7,10H,8-9H2,1-5H3. The highest BCUT2D eigenvalue weighted by molar-refractivity contribution is 7.16. The highest BCUT2D eigenvalue weighted by atomic mass is 32.1. The predicted octanol–water partition coefficient (Wildman–Crippen LogP) is 2.01. The fourth-order valence-corrected chi connectivity index (χ4v) is 3.50. The zero-order valence-electron chi connectivity index (χ0n) is 14.2. The van der Waals surface area contributed by atoms with E-state index in [1.54, 1.807) is 11.7 Å². The van der Waals surface area contributed by atoms with E-state index in [9.17, 15) is 4.79 Å². The number of thiazole rings is 1. The summed E-state index contributed by atoms with van der Waals surface area (Å²) in [6.45, 7) is 9.18. The Morgan fingerprint density at radius 2 is 1.87 bits per heavy atom. The van der Waals surface area contributed by atoms with Gasteiger partial charge in [0, 0.05) is 7.11 Å². The third kappa shape index (κ3) is 2.87. The minimum absolute atomic E-state index is 0.0307. The van der Waals surface area contributed by atoms with Crippen molar-refractivity contribution >= 4 is 34.1 Å². The van der Waals surface area contributed by atoms with Gasteiger partial charge >= 0.3 is 12.0 Å². The van der Waals surface area contributed by atoms with E-state index in [0.29, 0.717) is 13.2 Å². The lowest BCUT2D eigenvalue weighted by molar-refractivity contribution is 0.00578. The second-order valence-corrected chi connectivity index (χ2v) is 7.82. The summed E-state index contributed by atoms with van der Waals surface area (Å²) in [7, 11) is 1.21. The summed E-state index contributed by atoms with van der Waals surface area (Å²) in [6, 6.07) is 5.93. The van der Waals surface area contributed by atoms with E-state index in [1.165, 1.54) is 11.3 Å². The first-order valence-electron chi connectivity index (χ1n) is 7.73. The Kier molecular flexibility index (Phi) is 4.17. The quantitative estimate of drug-likeness (QED) is 0.802. The minimum Gasteiger partial charge on any atom is -0.399 e. The molecular weight excluding hydrogens is 313 g/mol. The molecular formula is C16H22BNO4S. The predicted molar refractivity (Wildman–Crippen MR) is 93.7 cm³/mol. The first-order chi connectivity index (χ1) is 10.7. The SMILES string of the molecule is COCCn1c(=O)sc2ccc(B3OC(C)(C)C(C)(C)O3)cc21. The monoisotopic (exact) mass is 335 g/mol. The van der Waals surface area contributed by atoms with Crippen LogP contribution >= 0.6 is 11.3 Å². The summed E-state index contributed by atoms with van der Waals surface area (Å²) >= 11 is 1.25. The molecule has 0 bridgehead atoms. The molecule has 0 spiro atoms. The topological polar surface area (TPSA) is 49.7 Å². The van der Waals surface area contributed by atoms with Gasteiger partial charge in [-0.3, -0.25) is 9.36 Å². The van der Waals surface area contributed by atoms with Crippen molar-refractivity contribution in [3.05, 3.63) is 27.9 Å². The molecule has 1 aliphatic heterocycles. The second-order valence-electron chi connectivity index (χ2n) is 6.83. The van der Waals surface area contributed by atoms with Crippen LogP contribution < -0.4 is 10.3 Å². The van der Waals surface area contributed by atoms with Crippen molar-refractivity contribution in [1.82, 2.24) is 4.57 Å². The van der Waals surface area contributed by atoms with E-state index in [1.807, 2.05) is 45.9 Å². The molecule has 1 aromatic heterocycles. The summed E-state index contributed by atoms with van der Waals surface area (Å²) in [4.78, 5) is 12.2. The van der Waals surface area contributed by atoms with Crippen molar-refractivity contribution in [3.8, 4) is 0 Å². The van der Waals surface area contributed by atoms with Crippen molar-refractivity contribution in [1.29, 1.82) is 0 Å². The average Bonchev–Trinajstić information content (AvgIpc) is 2.89. The van der Waals surface area contributed by atoms with Crippen LogP contribution in [0.15, 0.2) is 23.0 Å². The van der Waals surface area contributed by atoms with Gasteiger partial charge in [-0.25, -0.2) is 0 Å². The molecule has 0 atom stereocenters. The molecule has 3 rings (SSSR count). The number of nitrogens with zero attached hydrogens (tertiary/aromatic N) is 1. The van der Waals surface area contributed by atoms with Crippen molar-refractivity contribution in [2.24, 2.45) is 0 Å². The first kappa shape index (κ1) is 16.7. The Hall–Kier alpha value is -1.15. The van der Waals surface area contributed by atoms with Crippen LogP contribution in [0, 0.1) is 0 Å². The van der Waals surface area contributed by atoms with Crippen LogP contribution in [0.4, 0.5) is 0 Å². The Labute approximate surface area is 140 Å². The van der Waals surface area contributed by atoms with Gasteiger partial charge in [-0.05, 0) is 45.3 Å². The molecule has 23 heavy (non-hydrogen) atoms. The van der Waals surface area contributed by atoms with Crippen molar-refractivity contribution < 1.29 is 14.0 Å². The van der Waals surface area contributed by atoms with Gasteiger partial charge in [0.15, 0.2) is 0 Å². The Bertz CT molecular complexity index is 764. The number of ether oxygens (including phenoxy) is 1. The van der Waals surface area contributed by atoms with Crippen LogP contribution in [0.3, 0.4) is 0 Å². The van der Waals surface area contributed by atoms with E-state index < -0.39 is 7.12 Å². The fourth-order valence-electron chi connectivity index (χ4n) is 2.60. The number of methoxy groups -OCH3 is 1. The molecule has 0 unspecified atom stereocenters. The van der Waals surface area contributed by atoms with Crippen molar-refractivity contribution in [3.63, 3.8) is 0 Å². The number of hydrogen-bond acceptors (Lipinski definition) is 5. The first-order valence-corrected chi connectivity index (χ1v) is 8.55. The van der Waals surface area contributed by atoms with Crippen LogP contribution in [0.2, 0.25) is 0 Å². The third-order valence-corrected chi connectivity index (χ3v) is 5.70. The molecule has 0 radical (unpaired) electrons. The van der Waals surface area contributed by atoms with Gasteiger partial charge in [-0.1, -0.05) is 17.4 Å². The number of aromatic nitrogens is 1. The molecule has 124 valence electrons. The lowest BCUT2D eigenvalue weighted by Crippen LogP contribution is -2.41. The van der Waals surface area contributed by atoms with E-state index in [0.717, 1.165) is 15.7 Å². The van der Waals surface area contributed by atoms with Gasteiger partial charge in [0.1, 0.15) is 0 Å².